The molecule has 0 atom stereocenters. The van der Waals surface area contributed by atoms with E-state index in [9.17, 15) is 13.2 Å². The van der Waals surface area contributed by atoms with Crippen LogP contribution in [0.2, 0.25) is 0 Å². The van der Waals surface area contributed by atoms with E-state index >= 15 is 0 Å². The maximum Gasteiger partial charge on any atom is 0.435 e. The summed E-state index contributed by atoms with van der Waals surface area (Å²) in [7, 11) is 0. The lowest BCUT2D eigenvalue weighted by atomic mass is 10.3. The van der Waals surface area contributed by atoms with Crippen molar-refractivity contribution in [2.24, 2.45) is 0 Å². The van der Waals surface area contributed by atoms with Crippen LogP contribution in [0.4, 0.5) is 13.2 Å². The molecule has 0 unspecified atom stereocenters. The zero-order valence-electron chi connectivity index (χ0n) is 9.05. The quantitative estimate of drug-likeness (QED) is 0.825. The Balaban J connectivity index is 2.36. The second kappa shape index (κ2) is 4.86. The molecule has 2 aromatic heterocycles. The van der Waals surface area contributed by atoms with Gasteiger partial charge in [-0.15, -0.1) is 0 Å². The Morgan fingerprint density at radius 1 is 1.28 bits per heavy atom. The predicted octanol–water partition coefficient (Wildman–Crippen LogP) is 0.811. The Morgan fingerprint density at radius 3 is 2.72 bits per heavy atom. The maximum atomic E-state index is 12.6. The molecule has 2 rings (SSSR count). The number of aliphatic hydroxyl groups excluding tert-OH is 1. The molecule has 0 aliphatic rings. The number of aliphatic hydroxyl groups is 1. The number of nitrogens with zero attached hydrogens (tertiary/aromatic N) is 4. The van der Waals surface area contributed by atoms with Gasteiger partial charge in [-0.25, -0.2) is 15.0 Å². The lowest BCUT2D eigenvalue weighted by molar-refractivity contribution is -0.140. The van der Waals surface area contributed by atoms with Crippen molar-refractivity contribution in [3.8, 4) is 0 Å². The van der Waals surface area contributed by atoms with Crippen molar-refractivity contribution in [2.75, 3.05) is 13.2 Å². The van der Waals surface area contributed by atoms with Crippen LogP contribution in [0.5, 0.6) is 0 Å². The standard InChI is InChI=1S/C9H9F3N4O2/c10-9(11,12)7-6-8(14-3-13-7)16(4-15-6)5-18-2-1-17/h3-4,17H,1-2,5H2. The Bertz CT molecular complexity index is 540. The van der Waals surface area contributed by atoms with Crippen molar-refractivity contribution in [1.29, 1.82) is 0 Å². The van der Waals surface area contributed by atoms with Crippen LogP contribution in [0.3, 0.4) is 0 Å². The number of alkyl halides is 3. The molecule has 0 aliphatic carbocycles. The number of rotatable bonds is 4. The van der Waals surface area contributed by atoms with Crippen molar-refractivity contribution in [3.63, 3.8) is 0 Å². The van der Waals surface area contributed by atoms with Crippen LogP contribution in [0.15, 0.2) is 12.7 Å². The van der Waals surface area contributed by atoms with E-state index in [1.165, 1.54) is 10.9 Å². The van der Waals surface area contributed by atoms with Gasteiger partial charge in [0.15, 0.2) is 11.3 Å². The van der Waals surface area contributed by atoms with Crippen LogP contribution >= 0.6 is 0 Å². The number of imidazole rings is 1. The Morgan fingerprint density at radius 2 is 2.06 bits per heavy atom. The third kappa shape index (κ3) is 2.41. The Labute approximate surface area is 99.1 Å². The summed E-state index contributed by atoms with van der Waals surface area (Å²) in [5.74, 6) is 0. The van der Waals surface area contributed by atoms with Gasteiger partial charge in [-0.05, 0) is 0 Å². The highest BCUT2D eigenvalue weighted by atomic mass is 19.4. The molecular formula is C9H9F3N4O2. The molecule has 0 amide bonds. The fourth-order valence-electron chi connectivity index (χ4n) is 1.41. The zero-order chi connectivity index (χ0) is 13.2. The largest absolute Gasteiger partial charge is 0.435 e. The average molecular weight is 262 g/mol. The number of ether oxygens (including phenoxy) is 1. The maximum absolute atomic E-state index is 12.6. The molecule has 0 aliphatic heterocycles. The molecule has 18 heavy (non-hydrogen) atoms. The van der Waals surface area contributed by atoms with Crippen LogP contribution in [-0.4, -0.2) is 37.8 Å². The van der Waals surface area contributed by atoms with Gasteiger partial charge in [-0.2, -0.15) is 13.2 Å². The first-order valence-electron chi connectivity index (χ1n) is 4.95. The lowest BCUT2D eigenvalue weighted by Gasteiger charge is -2.06. The molecule has 0 radical (unpaired) electrons. The summed E-state index contributed by atoms with van der Waals surface area (Å²) in [4.78, 5) is 10.6. The van der Waals surface area contributed by atoms with Gasteiger partial charge >= 0.3 is 6.18 Å². The molecule has 0 fully saturated rings. The SMILES string of the molecule is OCCOCn1cnc2c(C(F)(F)F)ncnc21. The lowest BCUT2D eigenvalue weighted by Crippen LogP contribution is -2.10. The minimum Gasteiger partial charge on any atom is -0.394 e. The molecule has 0 saturated heterocycles. The minimum atomic E-state index is -4.58. The van der Waals surface area contributed by atoms with E-state index in [4.69, 9.17) is 9.84 Å². The summed E-state index contributed by atoms with van der Waals surface area (Å²) in [6.45, 7) is -0.127. The number of halogens is 3. The first kappa shape index (κ1) is 12.7. The highest BCUT2D eigenvalue weighted by molar-refractivity contribution is 5.73. The van der Waals surface area contributed by atoms with Crippen molar-refractivity contribution >= 4 is 11.2 Å². The van der Waals surface area contributed by atoms with E-state index in [-0.39, 0.29) is 31.1 Å². The first-order valence-corrected chi connectivity index (χ1v) is 4.95. The summed E-state index contributed by atoms with van der Waals surface area (Å²) in [5, 5.41) is 8.53. The molecule has 0 bridgehead atoms. The molecular weight excluding hydrogens is 253 g/mol. The van der Waals surface area contributed by atoms with Gasteiger partial charge in [0, 0.05) is 0 Å². The Hall–Kier alpha value is -1.74. The van der Waals surface area contributed by atoms with Crippen molar-refractivity contribution in [1.82, 2.24) is 19.5 Å². The number of fused-ring (bicyclic) bond motifs is 1. The van der Waals surface area contributed by atoms with Crippen LogP contribution in [-0.2, 0) is 17.6 Å². The van der Waals surface area contributed by atoms with Gasteiger partial charge in [0.2, 0.25) is 0 Å². The van der Waals surface area contributed by atoms with Crippen molar-refractivity contribution < 1.29 is 23.0 Å². The molecule has 0 saturated carbocycles. The number of aromatic nitrogens is 4. The van der Waals surface area contributed by atoms with Crippen LogP contribution < -0.4 is 0 Å². The smallest absolute Gasteiger partial charge is 0.394 e. The minimum absolute atomic E-state index is 0.0363. The summed E-state index contributed by atoms with van der Waals surface area (Å²) < 4.78 is 44.2. The monoisotopic (exact) mass is 262 g/mol. The van der Waals surface area contributed by atoms with Gasteiger partial charge in [-0.1, -0.05) is 0 Å². The van der Waals surface area contributed by atoms with Crippen LogP contribution in [0, 0.1) is 0 Å². The number of hydrogen-bond acceptors (Lipinski definition) is 5. The fourth-order valence-corrected chi connectivity index (χ4v) is 1.41. The van der Waals surface area contributed by atoms with Crippen LogP contribution in [0.25, 0.3) is 11.2 Å². The molecule has 1 N–H and O–H groups in total. The summed E-state index contributed by atoms with van der Waals surface area (Å²) in [6.07, 6.45) is -2.56. The van der Waals surface area contributed by atoms with E-state index in [1.54, 1.807) is 0 Å². The highest BCUT2D eigenvalue weighted by Crippen LogP contribution is 2.31. The van der Waals surface area contributed by atoms with E-state index in [0.717, 1.165) is 6.33 Å². The van der Waals surface area contributed by atoms with E-state index < -0.39 is 11.9 Å². The van der Waals surface area contributed by atoms with Crippen LogP contribution in [0.1, 0.15) is 5.69 Å². The second-order valence-corrected chi connectivity index (χ2v) is 3.37. The first-order chi connectivity index (χ1) is 8.54. The van der Waals surface area contributed by atoms with Gasteiger partial charge in [0.25, 0.3) is 0 Å². The van der Waals surface area contributed by atoms with Crippen molar-refractivity contribution in [2.45, 2.75) is 12.9 Å². The van der Waals surface area contributed by atoms with Crippen molar-refractivity contribution in [3.05, 3.63) is 18.3 Å². The summed E-state index contributed by atoms with van der Waals surface area (Å²) >= 11 is 0. The third-order valence-electron chi connectivity index (χ3n) is 2.14. The van der Waals surface area contributed by atoms with E-state index in [2.05, 4.69) is 15.0 Å². The second-order valence-electron chi connectivity index (χ2n) is 3.37. The average Bonchev–Trinajstić information content (AvgIpc) is 2.71. The van der Waals surface area contributed by atoms with E-state index in [1.807, 2.05) is 0 Å². The zero-order valence-corrected chi connectivity index (χ0v) is 9.05. The summed E-state index contributed by atoms with van der Waals surface area (Å²) in [6, 6.07) is 0. The molecule has 98 valence electrons. The van der Waals surface area contributed by atoms with E-state index in [0.29, 0.717) is 0 Å². The van der Waals surface area contributed by atoms with Gasteiger partial charge in [0.05, 0.1) is 19.5 Å². The molecule has 9 heteroatoms. The topological polar surface area (TPSA) is 73.1 Å². The summed E-state index contributed by atoms with van der Waals surface area (Å²) in [5.41, 5.74) is -1.36. The molecule has 2 aromatic rings. The van der Waals surface area contributed by atoms with Gasteiger partial charge in [0.1, 0.15) is 18.6 Å². The molecule has 0 aromatic carbocycles. The fraction of sp³-hybridized carbons (Fsp3) is 0.444. The molecule has 6 nitrogen and oxygen atoms in total. The van der Waals surface area contributed by atoms with Gasteiger partial charge < -0.3 is 9.84 Å². The molecule has 0 spiro atoms. The van der Waals surface area contributed by atoms with Gasteiger partial charge in [-0.3, -0.25) is 4.57 Å². The number of hydrogen-bond donors (Lipinski definition) is 1. The Kier molecular flexibility index (Phi) is 3.43. The third-order valence-corrected chi connectivity index (χ3v) is 2.14. The predicted molar refractivity (Wildman–Crippen MR) is 53.4 cm³/mol. The normalized spacial score (nSPS) is 12.2. The highest BCUT2D eigenvalue weighted by Gasteiger charge is 2.36. The molecule has 2 heterocycles.